The van der Waals surface area contributed by atoms with Gasteiger partial charge in [-0.25, -0.2) is 14.8 Å². The summed E-state index contributed by atoms with van der Waals surface area (Å²) in [5, 5.41) is 3.40. The number of carbonyl (C=O) groups is 1. The maximum absolute atomic E-state index is 12.6. The van der Waals surface area contributed by atoms with Crippen LogP contribution >= 0.6 is 0 Å². The minimum atomic E-state index is -4.24. The van der Waals surface area contributed by atoms with E-state index in [1.54, 1.807) is 30.5 Å². The molecule has 2 aromatic heterocycles. The zero-order valence-corrected chi connectivity index (χ0v) is 16.7. The summed E-state index contributed by atoms with van der Waals surface area (Å²) in [6.07, 6.45) is -1.87. The third kappa shape index (κ3) is 4.68. The van der Waals surface area contributed by atoms with Gasteiger partial charge in [-0.15, -0.1) is 0 Å². The number of benzene rings is 1. The molecule has 3 aromatic rings. The number of urea groups is 1. The number of aromatic amines is 1. The molecule has 1 saturated heterocycles. The summed E-state index contributed by atoms with van der Waals surface area (Å²) in [6.45, 7) is 2.18. The molecule has 162 valence electrons. The van der Waals surface area contributed by atoms with E-state index in [1.165, 1.54) is 11.2 Å². The number of amides is 2. The van der Waals surface area contributed by atoms with Crippen LogP contribution in [0.5, 0.6) is 0 Å². The lowest BCUT2D eigenvalue weighted by Crippen LogP contribution is -2.33. The van der Waals surface area contributed by atoms with Crippen LogP contribution in [-0.4, -0.2) is 45.1 Å². The molecule has 4 rings (SSSR count). The Kier molecular flexibility index (Phi) is 5.38. The largest absolute Gasteiger partial charge is 0.389 e. The van der Waals surface area contributed by atoms with Crippen LogP contribution < -0.4 is 10.9 Å². The molecule has 0 saturated carbocycles. The van der Waals surface area contributed by atoms with Crippen molar-refractivity contribution in [2.45, 2.75) is 25.9 Å². The van der Waals surface area contributed by atoms with E-state index in [0.717, 1.165) is 5.56 Å². The van der Waals surface area contributed by atoms with E-state index >= 15 is 0 Å². The lowest BCUT2D eigenvalue weighted by atomic mass is 10.0. The number of halogens is 3. The van der Waals surface area contributed by atoms with E-state index in [0.29, 0.717) is 34.3 Å². The van der Waals surface area contributed by atoms with Crippen molar-refractivity contribution >= 4 is 22.8 Å². The molecular weight excluding hydrogens is 411 g/mol. The number of fused-ring (bicyclic) bond motifs is 1. The molecular formula is C21H20F3N5O2. The van der Waals surface area contributed by atoms with Crippen molar-refractivity contribution in [3.8, 4) is 11.1 Å². The van der Waals surface area contributed by atoms with Gasteiger partial charge in [-0.05, 0) is 48.6 Å². The molecule has 1 aliphatic rings. The summed E-state index contributed by atoms with van der Waals surface area (Å²) < 4.78 is 37.8. The predicted octanol–water partition coefficient (Wildman–Crippen LogP) is 4.10. The number of hydrogen-bond donors (Lipinski definition) is 2. The van der Waals surface area contributed by atoms with Crippen molar-refractivity contribution in [2.24, 2.45) is 5.92 Å². The van der Waals surface area contributed by atoms with Crippen LogP contribution in [0.1, 0.15) is 18.4 Å². The van der Waals surface area contributed by atoms with E-state index in [9.17, 15) is 22.8 Å². The number of aromatic nitrogens is 3. The van der Waals surface area contributed by atoms with Gasteiger partial charge < -0.3 is 15.2 Å². The normalized spacial score (nSPS) is 16.6. The number of pyridine rings is 1. The van der Waals surface area contributed by atoms with Crippen molar-refractivity contribution in [1.29, 1.82) is 0 Å². The average molecular weight is 431 g/mol. The van der Waals surface area contributed by atoms with Crippen LogP contribution in [0, 0.1) is 12.8 Å². The van der Waals surface area contributed by atoms with Crippen LogP contribution in [0.2, 0.25) is 0 Å². The SMILES string of the molecule is Cc1ccc(NC(=O)N2CC[C@@H](CC(F)(F)F)C2)cc1-c1cc2cncnc2[nH]c1=O. The zero-order chi connectivity index (χ0) is 22.2. The second kappa shape index (κ2) is 8.01. The van der Waals surface area contributed by atoms with Crippen molar-refractivity contribution < 1.29 is 18.0 Å². The van der Waals surface area contributed by atoms with Crippen LogP contribution in [0.15, 0.2) is 41.6 Å². The topological polar surface area (TPSA) is 91.0 Å². The lowest BCUT2D eigenvalue weighted by molar-refractivity contribution is -0.143. The highest BCUT2D eigenvalue weighted by molar-refractivity contribution is 5.91. The third-order valence-electron chi connectivity index (χ3n) is 5.39. The Morgan fingerprint density at radius 2 is 2.10 bits per heavy atom. The average Bonchev–Trinajstić information content (AvgIpc) is 3.16. The van der Waals surface area contributed by atoms with Crippen molar-refractivity contribution in [3.05, 3.63) is 52.7 Å². The summed E-state index contributed by atoms with van der Waals surface area (Å²) in [5.41, 5.74) is 2.41. The number of likely N-dealkylation sites (tertiary alicyclic amines) is 1. The van der Waals surface area contributed by atoms with Crippen LogP contribution in [0.4, 0.5) is 23.7 Å². The predicted molar refractivity (Wildman–Crippen MR) is 110 cm³/mol. The maximum Gasteiger partial charge on any atom is 0.389 e. The molecule has 7 nitrogen and oxygen atoms in total. The van der Waals surface area contributed by atoms with Gasteiger partial charge in [0.25, 0.3) is 5.56 Å². The van der Waals surface area contributed by atoms with Gasteiger partial charge in [0, 0.05) is 42.3 Å². The van der Waals surface area contributed by atoms with Gasteiger partial charge in [-0.3, -0.25) is 4.79 Å². The number of rotatable bonds is 3. The molecule has 2 N–H and O–H groups in total. The second-order valence-electron chi connectivity index (χ2n) is 7.72. The maximum atomic E-state index is 12.6. The first-order valence-electron chi connectivity index (χ1n) is 9.76. The minimum absolute atomic E-state index is 0.0639. The van der Waals surface area contributed by atoms with E-state index in [2.05, 4.69) is 20.3 Å². The number of H-pyrrole nitrogens is 1. The number of aryl methyl sites for hydroxylation is 1. The van der Waals surface area contributed by atoms with Gasteiger partial charge in [0.05, 0.1) is 0 Å². The van der Waals surface area contributed by atoms with E-state index in [4.69, 9.17) is 0 Å². The Morgan fingerprint density at radius 3 is 2.87 bits per heavy atom. The molecule has 2 amide bonds. The van der Waals surface area contributed by atoms with Gasteiger partial charge in [-0.2, -0.15) is 13.2 Å². The molecule has 3 heterocycles. The third-order valence-corrected chi connectivity index (χ3v) is 5.39. The smallest absolute Gasteiger partial charge is 0.324 e. The molecule has 0 aliphatic carbocycles. The Morgan fingerprint density at radius 1 is 1.29 bits per heavy atom. The van der Waals surface area contributed by atoms with Gasteiger partial charge >= 0.3 is 12.2 Å². The van der Waals surface area contributed by atoms with Crippen molar-refractivity contribution in [3.63, 3.8) is 0 Å². The monoisotopic (exact) mass is 431 g/mol. The van der Waals surface area contributed by atoms with Gasteiger partial charge in [0.1, 0.15) is 12.0 Å². The lowest BCUT2D eigenvalue weighted by Gasteiger charge is -2.18. The first kappa shape index (κ1) is 20.8. The van der Waals surface area contributed by atoms with Gasteiger partial charge in [-0.1, -0.05) is 6.07 Å². The van der Waals surface area contributed by atoms with Crippen molar-refractivity contribution in [2.75, 3.05) is 18.4 Å². The quantitative estimate of drug-likeness (QED) is 0.653. The highest BCUT2D eigenvalue weighted by Crippen LogP contribution is 2.31. The van der Waals surface area contributed by atoms with Crippen molar-refractivity contribution in [1.82, 2.24) is 19.9 Å². The number of alkyl halides is 3. The number of carbonyl (C=O) groups excluding carboxylic acids is 1. The fourth-order valence-corrected chi connectivity index (χ4v) is 3.85. The Labute approximate surface area is 175 Å². The molecule has 1 fully saturated rings. The molecule has 0 unspecified atom stereocenters. The molecule has 0 bridgehead atoms. The molecule has 0 spiro atoms. The molecule has 0 radical (unpaired) electrons. The number of anilines is 1. The van der Waals surface area contributed by atoms with E-state index in [1.807, 2.05) is 6.92 Å². The summed E-state index contributed by atoms with van der Waals surface area (Å²) in [5.74, 6) is -0.585. The first-order chi connectivity index (χ1) is 14.7. The van der Waals surface area contributed by atoms with Crippen LogP contribution in [0.3, 0.4) is 0 Å². The number of nitrogens with one attached hydrogen (secondary N) is 2. The van der Waals surface area contributed by atoms with E-state index in [-0.39, 0.29) is 18.6 Å². The highest BCUT2D eigenvalue weighted by Gasteiger charge is 2.36. The van der Waals surface area contributed by atoms with Crippen LogP contribution in [0.25, 0.3) is 22.2 Å². The molecule has 1 atom stereocenters. The fraction of sp³-hybridized carbons (Fsp3) is 0.333. The minimum Gasteiger partial charge on any atom is -0.324 e. The summed E-state index contributed by atoms with van der Waals surface area (Å²) >= 11 is 0. The molecule has 1 aliphatic heterocycles. The summed E-state index contributed by atoms with van der Waals surface area (Å²) in [7, 11) is 0. The first-order valence-corrected chi connectivity index (χ1v) is 9.76. The standard InChI is InChI=1S/C21H20F3N5O2/c1-12-2-3-15(27-20(31)29-5-4-13(10-29)8-21(22,23)24)7-16(12)17-6-14-9-25-11-26-18(14)28-19(17)30/h2-3,6-7,9,11,13H,4-5,8,10H2,1H3,(H,27,31)(H,25,26,28,30)/t13-/m0/s1. The molecule has 31 heavy (non-hydrogen) atoms. The second-order valence-corrected chi connectivity index (χ2v) is 7.72. The highest BCUT2D eigenvalue weighted by atomic mass is 19.4. The zero-order valence-electron chi connectivity index (χ0n) is 16.7. The fourth-order valence-electron chi connectivity index (χ4n) is 3.85. The summed E-state index contributed by atoms with van der Waals surface area (Å²) in [4.78, 5) is 37.2. The Balaban J connectivity index is 1.54. The Hall–Kier alpha value is -3.43. The van der Waals surface area contributed by atoms with Gasteiger partial charge in [0.2, 0.25) is 0 Å². The number of hydrogen-bond acceptors (Lipinski definition) is 4. The molecule has 10 heteroatoms. The molecule has 1 aromatic carbocycles. The van der Waals surface area contributed by atoms with E-state index < -0.39 is 24.5 Å². The van der Waals surface area contributed by atoms with Crippen LogP contribution in [-0.2, 0) is 0 Å². The Bertz CT molecular complexity index is 1190. The summed E-state index contributed by atoms with van der Waals surface area (Å²) in [6, 6.07) is 6.37. The number of nitrogens with zero attached hydrogens (tertiary/aromatic N) is 3. The van der Waals surface area contributed by atoms with Gasteiger partial charge in [0.15, 0.2) is 0 Å².